The molecule has 32 heavy (non-hydrogen) atoms. The Balaban J connectivity index is 0.00000289. The number of pyridine rings is 1. The Hall–Kier alpha value is -2.43. The van der Waals surface area contributed by atoms with Crippen LogP contribution in [0.3, 0.4) is 0 Å². The molecule has 0 saturated heterocycles. The van der Waals surface area contributed by atoms with Crippen LogP contribution in [0.1, 0.15) is 0 Å². The lowest BCUT2D eigenvalue weighted by Gasteiger charge is -2.14. The van der Waals surface area contributed by atoms with E-state index in [1.165, 1.54) is 11.3 Å². The van der Waals surface area contributed by atoms with Crippen LogP contribution in [-0.2, 0) is 10.0 Å². The molecule has 10 heteroatoms. The molecule has 4 rings (SSSR count). The number of aromatic nitrogens is 1. The summed E-state index contributed by atoms with van der Waals surface area (Å²) in [5.74, 6) is 0.645. The van der Waals surface area contributed by atoms with E-state index in [1.54, 1.807) is 37.4 Å². The molecular formula is C22H24ClN3O4S2. The number of nitrogens with zero attached hydrogens (tertiary/aromatic N) is 1. The van der Waals surface area contributed by atoms with Gasteiger partial charge in [0, 0.05) is 34.9 Å². The summed E-state index contributed by atoms with van der Waals surface area (Å²) in [6.45, 7) is 0.942. The first kappa shape index (κ1) is 24.2. The second-order valence-corrected chi connectivity index (χ2v) is 10.1. The van der Waals surface area contributed by atoms with Crippen LogP contribution in [0.2, 0.25) is 0 Å². The van der Waals surface area contributed by atoms with Gasteiger partial charge in [-0.05, 0) is 55.4 Å². The highest BCUT2D eigenvalue weighted by Crippen LogP contribution is 2.40. The molecule has 0 bridgehead atoms. The molecule has 0 spiro atoms. The number of hydrogen-bond donors (Lipinski definition) is 2. The average molecular weight is 494 g/mol. The maximum atomic E-state index is 12.6. The van der Waals surface area contributed by atoms with Gasteiger partial charge >= 0.3 is 0 Å². The number of benzene rings is 2. The van der Waals surface area contributed by atoms with E-state index in [0.29, 0.717) is 29.1 Å². The highest BCUT2D eigenvalue weighted by molar-refractivity contribution is 7.89. The quantitative estimate of drug-likeness (QED) is 0.410. The van der Waals surface area contributed by atoms with Gasteiger partial charge in [0.15, 0.2) is 0 Å². The van der Waals surface area contributed by atoms with E-state index in [2.05, 4.69) is 9.71 Å². The summed E-state index contributed by atoms with van der Waals surface area (Å²) >= 11 is 1.39. The minimum atomic E-state index is -3.60. The lowest BCUT2D eigenvalue weighted by molar-refractivity contribution is 0.412. The first-order valence-corrected chi connectivity index (χ1v) is 12.0. The van der Waals surface area contributed by atoms with Crippen LogP contribution in [0, 0.1) is 0 Å². The molecule has 0 amide bonds. The van der Waals surface area contributed by atoms with Gasteiger partial charge in [0.05, 0.1) is 12.0 Å². The predicted molar refractivity (Wildman–Crippen MR) is 133 cm³/mol. The summed E-state index contributed by atoms with van der Waals surface area (Å²) in [5.41, 5.74) is 2.19. The third-order valence-electron chi connectivity index (χ3n) is 5.08. The Kier molecular flexibility index (Phi) is 7.26. The number of aromatic amines is 1. The molecule has 2 N–H and O–H groups in total. The lowest BCUT2D eigenvalue weighted by Crippen LogP contribution is -2.31. The number of halogens is 1. The van der Waals surface area contributed by atoms with Gasteiger partial charge in [-0.2, -0.15) is 0 Å². The summed E-state index contributed by atoms with van der Waals surface area (Å²) in [5, 5.41) is 3.60. The largest absolute Gasteiger partial charge is 0.496 e. The Morgan fingerprint density at radius 3 is 2.47 bits per heavy atom. The zero-order chi connectivity index (χ0) is 22.2. The summed E-state index contributed by atoms with van der Waals surface area (Å²) in [6.07, 6.45) is 0. The summed E-state index contributed by atoms with van der Waals surface area (Å²) in [4.78, 5) is 17.4. The molecule has 2 heterocycles. The fourth-order valence-corrected chi connectivity index (χ4v) is 5.39. The van der Waals surface area contributed by atoms with E-state index in [0.717, 1.165) is 21.9 Å². The monoisotopic (exact) mass is 493 g/mol. The van der Waals surface area contributed by atoms with E-state index < -0.39 is 10.0 Å². The molecule has 0 aliphatic rings. The normalized spacial score (nSPS) is 11.8. The molecule has 2 aromatic heterocycles. The molecule has 7 nitrogen and oxygen atoms in total. The van der Waals surface area contributed by atoms with E-state index in [-0.39, 0.29) is 22.9 Å². The van der Waals surface area contributed by atoms with Crippen LogP contribution < -0.4 is 15.0 Å². The van der Waals surface area contributed by atoms with E-state index in [4.69, 9.17) is 4.74 Å². The van der Waals surface area contributed by atoms with Crippen molar-refractivity contribution in [2.45, 2.75) is 4.90 Å². The molecule has 0 fully saturated rings. The van der Waals surface area contributed by atoms with Crippen LogP contribution >= 0.6 is 23.7 Å². The standard InChI is InChI=1S/C22H23N3O4S2.ClH/c1-25(2)12-11-23-31(27,28)15-6-4-14(5-7-15)19-18(29-3)9-8-17-20(19)16-10-13-30-21(16)22(26)24-17;/h4-10,13,23H,11-12H2,1-3H3,(H,24,26);1H. The van der Waals surface area contributed by atoms with Gasteiger partial charge in [0.25, 0.3) is 5.56 Å². The third kappa shape index (κ3) is 4.53. The van der Waals surface area contributed by atoms with Crippen LogP contribution in [0.4, 0.5) is 0 Å². The molecule has 0 atom stereocenters. The van der Waals surface area contributed by atoms with E-state index in [1.807, 2.05) is 36.5 Å². The topological polar surface area (TPSA) is 91.5 Å². The third-order valence-corrected chi connectivity index (χ3v) is 7.47. The van der Waals surface area contributed by atoms with Crippen molar-refractivity contribution < 1.29 is 13.2 Å². The van der Waals surface area contributed by atoms with Crippen molar-refractivity contribution in [3.63, 3.8) is 0 Å². The van der Waals surface area contributed by atoms with Crippen LogP contribution in [0.15, 0.2) is 57.5 Å². The number of ether oxygens (including phenoxy) is 1. The second-order valence-electron chi connectivity index (χ2n) is 7.41. The molecule has 2 aromatic carbocycles. The number of hydrogen-bond acceptors (Lipinski definition) is 6. The van der Waals surface area contributed by atoms with Gasteiger partial charge < -0.3 is 14.6 Å². The van der Waals surface area contributed by atoms with Gasteiger partial charge in [-0.25, -0.2) is 13.1 Å². The smallest absolute Gasteiger partial charge is 0.266 e. The van der Waals surface area contributed by atoms with Gasteiger partial charge in [0.1, 0.15) is 10.4 Å². The summed E-state index contributed by atoms with van der Waals surface area (Å²) < 4.78 is 34.0. The predicted octanol–water partition coefficient (Wildman–Crippen LogP) is 3.68. The van der Waals surface area contributed by atoms with Gasteiger partial charge in [0.2, 0.25) is 10.0 Å². The number of H-pyrrole nitrogens is 1. The van der Waals surface area contributed by atoms with E-state index in [9.17, 15) is 13.2 Å². The Morgan fingerprint density at radius 1 is 1.09 bits per heavy atom. The number of fused-ring (bicyclic) bond motifs is 3. The lowest BCUT2D eigenvalue weighted by atomic mass is 9.97. The molecule has 0 aliphatic carbocycles. The number of thiophene rings is 1. The van der Waals surface area contributed by atoms with Crippen LogP contribution in [0.25, 0.3) is 32.1 Å². The summed E-state index contributed by atoms with van der Waals surface area (Å²) in [7, 11) is 1.77. The molecule has 4 aromatic rings. The number of methoxy groups -OCH3 is 1. The fourth-order valence-electron chi connectivity index (χ4n) is 3.57. The highest BCUT2D eigenvalue weighted by Gasteiger charge is 2.18. The van der Waals surface area contributed by atoms with Gasteiger partial charge in [-0.15, -0.1) is 23.7 Å². The zero-order valence-corrected chi connectivity index (χ0v) is 20.3. The molecule has 0 saturated carbocycles. The SMILES string of the molecule is COc1ccc2[nH]c(=O)c3sccc3c2c1-c1ccc(S(=O)(=O)NCCN(C)C)cc1.Cl. The van der Waals surface area contributed by atoms with Crippen molar-refractivity contribution >= 4 is 54.8 Å². The second kappa shape index (κ2) is 9.60. The number of nitrogens with one attached hydrogen (secondary N) is 2. The van der Waals surface area contributed by atoms with Crippen molar-refractivity contribution in [3.05, 3.63) is 58.2 Å². The molecular weight excluding hydrogens is 470 g/mol. The minimum Gasteiger partial charge on any atom is -0.496 e. The van der Waals surface area contributed by atoms with Gasteiger partial charge in [-0.1, -0.05) is 12.1 Å². The number of rotatable bonds is 7. The van der Waals surface area contributed by atoms with Crippen molar-refractivity contribution in [3.8, 4) is 16.9 Å². The minimum absolute atomic E-state index is 0. The van der Waals surface area contributed by atoms with Crippen molar-refractivity contribution in [1.82, 2.24) is 14.6 Å². The Labute approximate surface area is 196 Å². The summed E-state index contributed by atoms with van der Waals surface area (Å²) in [6, 6.07) is 12.3. The molecule has 0 unspecified atom stereocenters. The zero-order valence-electron chi connectivity index (χ0n) is 17.8. The maximum Gasteiger partial charge on any atom is 0.266 e. The van der Waals surface area contributed by atoms with Crippen molar-refractivity contribution in [1.29, 1.82) is 0 Å². The number of likely N-dealkylation sites (N-methyl/N-ethyl adjacent to an activating group) is 1. The van der Waals surface area contributed by atoms with E-state index >= 15 is 0 Å². The van der Waals surface area contributed by atoms with Gasteiger partial charge in [-0.3, -0.25) is 4.79 Å². The fraction of sp³-hybridized carbons (Fsp3) is 0.227. The number of sulfonamides is 1. The molecule has 0 radical (unpaired) electrons. The molecule has 0 aliphatic heterocycles. The Morgan fingerprint density at radius 2 is 1.81 bits per heavy atom. The van der Waals surface area contributed by atoms with Crippen molar-refractivity contribution in [2.24, 2.45) is 0 Å². The molecule has 170 valence electrons. The average Bonchev–Trinajstić information content (AvgIpc) is 3.23. The van der Waals surface area contributed by atoms with Crippen molar-refractivity contribution in [2.75, 3.05) is 34.3 Å². The van der Waals surface area contributed by atoms with Crippen LogP contribution in [0.5, 0.6) is 5.75 Å². The maximum absolute atomic E-state index is 12.6. The Bertz CT molecular complexity index is 1410. The first-order valence-electron chi connectivity index (χ1n) is 9.67. The van der Waals surface area contributed by atoms with Crippen LogP contribution in [-0.4, -0.2) is 52.6 Å². The first-order chi connectivity index (χ1) is 14.8. The highest BCUT2D eigenvalue weighted by atomic mass is 35.5.